The molecule has 1 saturated carbocycles. The van der Waals surface area contributed by atoms with Gasteiger partial charge in [-0.05, 0) is 25.2 Å². The van der Waals surface area contributed by atoms with Gasteiger partial charge in [0.15, 0.2) is 0 Å². The first-order chi connectivity index (χ1) is 7.70. The van der Waals surface area contributed by atoms with Gasteiger partial charge in [-0.25, -0.2) is 9.36 Å². The van der Waals surface area contributed by atoms with Crippen LogP contribution in [0, 0.1) is 5.92 Å². The van der Waals surface area contributed by atoms with Gasteiger partial charge in [0.2, 0.25) is 0 Å². The van der Waals surface area contributed by atoms with Gasteiger partial charge in [0, 0.05) is 13.1 Å². The molecular formula is C12H20N3O+. The van der Waals surface area contributed by atoms with E-state index in [1.54, 1.807) is 4.57 Å². The smallest absolute Gasteiger partial charge is 0.304 e. The zero-order valence-electron chi connectivity index (χ0n) is 10.1. The van der Waals surface area contributed by atoms with E-state index in [1.165, 1.54) is 12.8 Å². The highest BCUT2D eigenvalue weighted by Gasteiger charge is 2.28. The molecule has 1 fully saturated rings. The number of aromatic nitrogens is 2. The summed E-state index contributed by atoms with van der Waals surface area (Å²) < 4.78 is 3.55. The highest BCUT2D eigenvalue weighted by atomic mass is 16.2. The zero-order valence-corrected chi connectivity index (χ0v) is 10.1. The second-order valence-corrected chi connectivity index (χ2v) is 4.66. The van der Waals surface area contributed by atoms with E-state index >= 15 is 0 Å². The number of carbonyl (C=O) groups is 1. The van der Waals surface area contributed by atoms with Crippen molar-refractivity contribution in [2.45, 2.75) is 26.2 Å². The summed E-state index contributed by atoms with van der Waals surface area (Å²) in [5.41, 5.74) is 0. The predicted molar refractivity (Wildman–Crippen MR) is 61.0 cm³/mol. The van der Waals surface area contributed by atoms with Crippen molar-refractivity contribution >= 4 is 6.03 Å². The summed E-state index contributed by atoms with van der Waals surface area (Å²) in [6.45, 7) is 3.90. The van der Waals surface area contributed by atoms with Crippen LogP contribution in [0.3, 0.4) is 0 Å². The number of imidazole rings is 1. The van der Waals surface area contributed by atoms with Gasteiger partial charge < -0.3 is 4.90 Å². The standard InChI is InChI=1S/C12H20N3O/c1-3-6-14(9-11-4-5-11)12(16)15-8-7-13(2)10-15/h7-8,10-11H,3-6,9H2,1-2H3/q+1. The number of rotatable bonds is 4. The second-order valence-electron chi connectivity index (χ2n) is 4.66. The summed E-state index contributed by atoms with van der Waals surface area (Å²) in [6.07, 6.45) is 9.11. The molecule has 4 heteroatoms. The second kappa shape index (κ2) is 4.68. The van der Waals surface area contributed by atoms with Crippen molar-refractivity contribution in [1.82, 2.24) is 9.47 Å². The van der Waals surface area contributed by atoms with Crippen LogP contribution in [0.4, 0.5) is 4.79 Å². The molecule has 88 valence electrons. The summed E-state index contributed by atoms with van der Waals surface area (Å²) >= 11 is 0. The maximum Gasteiger partial charge on any atom is 0.415 e. The zero-order chi connectivity index (χ0) is 11.5. The van der Waals surface area contributed by atoms with Crippen LogP contribution in [0.15, 0.2) is 18.7 Å². The summed E-state index contributed by atoms with van der Waals surface area (Å²) in [7, 11) is 1.93. The van der Waals surface area contributed by atoms with Gasteiger partial charge in [-0.15, -0.1) is 0 Å². The molecule has 1 aromatic heterocycles. The van der Waals surface area contributed by atoms with Gasteiger partial charge >= 0.3 is 6.03 Å². The number of carbonyl (C=O) groups excluding carboxylic acids is 1. The lowest BCUT2D eigenvalue weighted by Gasteiger charge is -2.18. The van der Waals surface area contributed by atoms with Crippen LogP contribution < -0.4 is 4.57 Å². The van der Waals surface area contributed by atoms with Gasteiger partial charge in [0.1, 0.15) is 12.4 Å². The summed E-state index contributed by atoms with van der Waals surface area (Å²) in [6, 6.07) is 0.106. The molecule has 0 radical (unpaired) electrons. The Labute approximate surface area is 96.5 Å². The molecule has 0 N–H and O–H groups in total. The first-order valence-corrected chi connectivity index (χ1v) is 6.03. The van der Waals surface area contributed by atoms with Crippen molar-refractivity contribution < 1.29 is 9.36 Å². The van der Waals surface area contributed by atoms with Crippen LogP contribution in [0.5, 0.6) is 0 Å². The first kappa shape index (κ1) is 11.2. The quantitative estimate of drug-likeness (QED) is 0.708. The summed E-state index contributed by atoms with van der Waals surface area (Å²) in [5.74, 6) is 0.750. The summed E-state index contributed by atoms with van der Waals surface area (Å²) in [4.78, 5) is 14.2. The third-order valence-electron chi connectivity index (χ3n) is 2.93. The average molecular weight is 222 g/mol. The largest absolute Gasteiger partial charge is 0.415 e. The number of nitrogens with zero attached hydrogens (tertiary/aromatic N) is 3. The Hall–Kier alpha value is -1.32. The summed E-state index contributed by atoms with van der Waals surface area (Å²) in [5, 5.41) is 0. The van der Waals surface area contributed by atoms with E-state index in [-0.39, 0.29) is 6.03 Å². The minimum atomic E-state index is 0.106. The molecule has 0 saturated heterocycles. The van der Waals surface area contributed by atoms with E-state index in [1.807, 2.05) is 35.2 Å². The van der Waals surface area contributed by atoms with E-state index in [0.717, 1.165) is 25.4 Å². The average Bonchev–Trinajstić information content (AvgIpc) is 2.97. The fourth-order valence-electron chi connectivity index (χ4n) is 1.87. The van der Waals surface area contributed by atoms with Crippen LogP contribution in [-0.2, 0) is 7.05 Å². The molecule has 0 bridgehead atoms. The maximum absolute atomic E-state index is 12.2. The molecule has 1 heterocycles. The lowest BCUT2D eigenvalue weighted by Crippen LogP contribution is -2.37. The molecule has 0 spiro atoms. The molecular weight excluding hydrogens is 202 g/mol. The first-order valence-electron chi connectivity index (χ1n) is 6.03. The maximum atomic E-state index is 12.2. The van der Waals surface area contributed by atoms with E-state index in [9.17, 15) is 4.79 Å². The molecule has 0 aliphatic heterocycles. The van der Waals surface area contributed by atoms with E-state index in [4.69, 9.17) is 0 Å². The Morgan fingerprint density at radius 1 is 1.56 bits per heavy atom. The van der Waals surface area contributed by atoms with Gasteiger partial charge in [0.25, 0.3) is 6.33 Å². The minimum Gasteiger partial charge on any atom is -0.304 e. The van der Waals surface area contributed by atoms with Crippen LogP contribution in [0.2, 0.25) is 0 Å². The topological polar surface area (TPSA) is 29.1 Å². The number of amides is 1. The van der Waals surface area contributed by atoms with E-state index < -0.39 is 0 Å². The molecule has 4 nitrogen and oxygen atoms in total. The fraction of sp³-hybridized carbons (Fsp3) is 0.667. The highest BCUT2D eigenvalue weighted by molar-refractivity contribution is 5.76. The van der Waals surface area contributed by atoms with E-state index in [0.29, 0.717) is 0 Å². The normalized spacial score (nSPS) is 15.1. The third-order valence-corrected chi connectivity index (χ3v) is 2.93. The Morgan fingerprint density at radius 3 is 2.81 bits per heavy atom. The van der Waals surface area contributed by atoms with Gasteiger partial charge in [0.05, 0.1) is 7.05 Å². The molecule has 1 amide bonds. The lowest BCUT2D eigenvalue weighted by molar-refractivity contribution is -0.670. The lowest BCUT2D eigenvalue weighted by atomic mass is 10.3. The molecule has 1 aliphatic carbocycles. The molecule has 0 aromatic carbocycles. The Kier molecular flexibility index (Phi) is 3.27. The number of aryl methyl sites for hydroxylation is 1. The van der Waals surface area contributed by atoms with Crippen molar-refractivity contribution in [2.75, 3.05) is 13.1 Å². The van der Waals surface area contributed by atoms with Gasteiger partial charge in [-0.2, -0.15) is 4.57 Å². The highest BCUT2D eigenvalue weighted by Crippen LogP contribution is 2.29. The van der Waals surface area contributed by atoms with Crippen molar-refractivity contribution in [3.63, 3.8) is 0 Å². The van der Waals surface area contributed by atoms with Gasteiger partial charge in [-0.1, -0.05) is 6.92 Å². The number of hydrogen-bond acceptors (Lipinski definition) is 1. The van der Waals surface area contributed by atoms with Crippen LogP contribution in [0.25, 0.3) is 0 Å². The van der Waals surface area contributed by atoms with Crippen molar-refractivity contribution in [3.8, 4) is 0 Å². The van der Waals surface area contributed by atoms with Crippen molar-refractivity contribution in [3.05, 3.63) is 18.7 Å². The monoisotopic (exact) mass is 222 g/mol. The van der Waals surface area contributed by atoms with Crippen LogP contribution >= 0.6 is 0 Å². The molecule has 16 heavy (non-hydrogen) atoms. The van der Waals surface area contributed by atoms with Crippen LogP contribution in [-0.4, -0.2) is 28.6 Å². The SMILES string of the molecule is CCCN(CC1CC1)C(=O)n1cc[n+](C)c1. The Balaban J connectivity index is 2.02. The van der Waals surface area contributed by atoms with Crippen molar-refractivity contribution in [2.24, 2.45) is 13.0 Å². The molecule has 0 atom stereocenters. The van der Waals surface area contributed by atoms with Gasteiger partial charge in [-0.3, -0.25) is 0 Å². The van der Waals surface area contributed by atoms with Crippen LogP contribution in [0.1, 0.15) is 26.2 Å². The minimum absolute atomic E-state index is 0.106. The predicted octanol–water partition coefficient (Wildman–Crippen LogP) is 1.40. The number of hydrogen-bond donors (Lipinski definition) is 0. The third kappa shape index (κ3) is 2.62. The Bertz CT molecular complexity index is 368. The fourth-order valence-corrected chi connectivity index (χ4v) is 1.87. The Morgan fingerprint density at radius 2 is 2.31 bits per heavy atom. The molecule has 0 unspecified atom stereocenters. The molecule has 1 aromatic rings. The van der Waals surface area contributed by atoms with E-state index in [2.05, 4.69) is 6.92 Å². The molecule has 1 aliphatic rings. The van der Waals surface area contributed by atoms with Crippen molar-refractivity contribution in [1.29, 1.82) is 0 Å². The molecule has 2 rings (SSSR count).